The van der Waals surface area contributed by atoms with Crippen LogP contribution >= 0.6 is 74.4 Å². The van der Waals surface area contributed by atoms with Gasteiger partial charge in [-0.3, -0.25) is 14.4 Å². The highest BCUT2D eigenvalue weighted by molar-refractivity contribution is 5.86. The second-order valence-corrected chi connectivity index (χ2v) is 15.3. The van der Waals surface area contributed by atoms with Crippen molar-refractivity contribution in [2.45, 2.75) is 69.9 Å². The van der Waals surface area contributed by atoms with E-state index < -0.39 is 11.6 Å². The van der Waals surface area contributed by atoms with Gasteiger partial charge >= 0.3 is 6.09 Å². The van der Waals surface area contributed by atoms with Gasteiger partial charge in [-0.2, -0.15) is 0 Å². The maximum atomic E-state index is 13.3. The summed E-state index contributed by atoms with van der Waals surface area (Å²) in [6.07, 6.45) is 4.75. The molecule has 24 heteroatoms. The van der Waals surface area contributed by atoms with Gasteiger partial charge in [-0.05, 0) is 124 Å². The zero-order valence-corrected chi connectivity index (χ0v) is 44.4. The van der Waals surface area contributed by atoms with E-state index in [-0.39, 0.29) is 158 Å². The Bertz CT molecular complexity index is 1180. The molecule has 66 heavy (non-hydrogen) atoms. The smallest absolute Gasteiger partial charge is 0.408 e. The number of nitrogens with zero attached hydrogens (tertiary/aromatic N) is 3. The first-order valence-corrected chi connectivity index (χ1v) is 21.7. The Morgan fingerprint density at radius 1 is 0.515 bits per heavy atom. The van der Waals surface area contributed by atoms with Crippen LogP contribution in [-0.2, 0) is 39.9 Å². The molecule has 0 aliphatic carbocycles. The Morgan fingerprint density at radius 3 is 1.15 bits per heavy atom. The molecule has 0 bridgehead atoms. The molecule has 0 aliphatic heterocycles. The predicted octanol–water partition coefficient (Wildman–Crippen LogP) is 2.76. The molecule has 0 aromatic heterocycles. The second-order valence-electron chi connectivity index (χ2n) is 15.3. The molecule has 0 spiro atoms. The number of carbonyl (C=O) groups excluding carboxylic acids is 4. The van der Waals surface area contributed by atoms with Crippen LogP contribution in [0.3, 0.4) is 0 Å². The Hall–Kier alpha value is -1.72. The lowest BCUT2D eigenvalue weighted by molar-refractivity contribution is -0.122. The molecular formula is C42H86Cl6N10O8. The summed E-state index contributed by atoms with van der Waals surface area (Å²) in [5.41, 5.74) is 16.3. The minimum absolute atomic E-state index is 0. The van der Waals surface area contributed by atoms with Crippen molar-refractivity contribution >= 4 is 98.3 Å². The number of carbonyl (C=O) groups is 4. The van der Waals surface area contributed by atoms with Crippen molar-refractivity contribution in [2.24, 2.45) is 17.2 Å². The van der Waals surface area contributed by atoms with Crippen LogP contribution in [0, 0.1) is 0 Å². The maximum absolute atomic E-state index is 13.3. The van der Waals surface area contributed by atoms with Gasteiger partial charge in [0.15, 0.2) is 0 Å². The van der Waals surface area contributed by atoms with Crippen LogP contribution in [0.1, 0.15) is 63.4 Å². The van der Waals surface area contributed by atoms with Gasteiger partial charge in [0.1, 0.15) is 12.1 Å². The van der Waals surface area contributed by atoms with Crippen molar-refractivity contribution in [3.63, 3.8) is 0 Å². The molecule has 0 fully saturated rings. The third-order valence-electron chi connectivity index (χ3n) is 9.48. The zero-order chi connectivity index (χ0) is 44.1. The van der Waals surface area contributed by atoms with Crippen molar-refractivity contribution in [1.82, 2.24) is 36.0 Å². The number of alkyl carbamates (subject to hydrolysis) is 1. The van der Waals surface area contributed by atoms with E-state index in [9.17, 15) is 19.2 Å². The quantitative estimate of drug-likeness (QED) is 0.0470. The molecular weight excluding hydrogens is 985 g/mol. The van der Waals surface area contributed by atoms with E-state index in [0.29, 0.717) is 39.3 Å². The summed E-state index contributed by atoms with van der Waals surface area (Å²) in [5.74, 6) is -0.474. The number of nitrogens with one attached hydrogen (secondary N) is 4. The van der Waals surface area contributed by atoms with Crippen LogP contribution in [0.4, 0.5) is 4.79 Å². The number of ether oxygens (including phenoxy) is 4. The fourth-order valence-corrected chi connectivity index (χ4v) is 5.92. The van der Waals surface area contributed by atoms with Crippen LogP contribution < -0.4 is 38.5 Å². The Morgan fingerprint density at radius 2 is 0.833 bits per heavy atom. The third kappa shape index (κ3) is 43.6. The largest absolute Gasteiger partial charge is 0.445 e. The lowest BCUT2D eigenvalue weighted by Gasteiger charge is -2.33. The van der Waals surface area contributed by atoms with Gasteiger partial charge < -0.3 is 72.1 Å². The predicted molar refractivity (Wildman–Crippen MR) is 279 cm³/mol. The highest BCUT2D eigenvalue weighted by Crippen LogP contribution is 2.12. The first-order chi connectivity index (χ1) is 29.0. The average molecular weight is 1070 g/mol. The Kier molecular flexibility index (Phi) is 58.7. The summed E-state index contributed by atoms with van der Waals surface area (Å²) in [6.45, 7) is 8.71. The van der Waals surface area contributed by atoms with Gasteiger partial charge in [0, 0.05) is 38.9 Å². The van der Waals surface area contributed by atoms with Crippen LogP contribution in [-0.4, -0.2) is 183 Å². The van der Waals surface area contributed by atoms with Crippen molar-refractivity contribution in [2.75, 3.05) is 139 Å². The molecule has 10 N–H and O–H groups in total. The number of benzene rings is 1. The van der Waals surface area contributed by atoms with E-state index >= 15 is 0 Å². The molecule has 0 unspecified atom stereocenters. The highest BCUT2D eigenvalue weighted by atomic mass is 35.5. The number of halogens is 6. The van der Waals surface area contributed by atoms with Crippen LogP contribution in [0.25, 0.3) is 0 Å². The van der Waals surface area contributed by atoms with E-state index in [1.54, 1.807) is 0 Å². The number of rotatable bonds is 39. The van der Waals surface area contributed by atoms with E-state index in [1.807, 2.05) is 51.5 Å². The Labute approximate surface area is 432 Å². The van der Waals surface area contributed by atoms with Gasteiger partial charge in [-0.15, -0.1) is 74.4 Å². The molecule has 0 atom stereocenters. The molecule has 394 valence electrons. The van der Waals surface area contributed by atoms with E-state index in [0.717, 1.165) is 83.4 Å². The molecule has 1 rings (SSSR count). The van der Waals surface area contributed by atoms with Crippen LogP contribution in [0.15, 0.2) is 30.3 Å². The zero-order valence-electron chi connectivity index (χ0n) is 39.5. The molecule has 18 nitrogen and oxygen atoms in total. The highest BCUT2D eigenvalue weighted by Gasteiger charge is 2.35. The molecule has 1 aromatic carbocycles. The first-order valence-electron chi connectivity index (χ1n) is 21.7. The molecule has 0 saturated carbocycles. The van der Waals surface area contributed by atoms with Gasteiger partial charge in [0.05, 0.1) is 39.6 Å². The van der Waals surface area contributed by atoms with Crippen LogP contribution in [0.2, 0.25) is 0 Å². The van der Waals surface area contributed by atoms with Gasteiger partial charge in [0.25, 0.3) is 0 Å². The monoisotopic (exact) mass is 1070 g/mol. The molecule has 0 radical (unpaired) electrons. The topological polar surface area (TPSA) is 241 Å². The van der Waals surface area contributed by atoms with Crippen molar-refractivity contribution in [3.05, 3.63) is 35.9 Å². The second kappa shape index (κ2) is 51.1. The van der Waals surface area contributed by atoms with Gasteiger partial charge in [-0.25, -0.2) is 4.79 Å². The maximum Gasteiger partial charge on any atom is 0.408 e. The van der Waals surface area contributed by atoms with Crippen molar-refractivity contribution < 1.29 is 38.1 Å². The van der Waals surface area contributed by atoms with E-state index in [4.69, 9.17) is 36.1 Å². The van der Waals surface area contributed by atoms with Crippen molar-refractivity contribution in [3.8, 4) is 0 Å². The Balaban J connectivity index is -0.00000150. The summed E-state index contributed by atoms with van der Waals surface area (Å²) < 4.78 is 23.6. The summed E-state index contributed by atoms with van der Waals surface area (Å²) >= 11 is 0. The normalized spacial score (nSPS) is 10.6. The minimum atomic E-state index is -1.28. The molecule has 1 aromatic rings. The summed E-state index contributed by atoms with van der Waals surface area (Å²) in [6, 6.07) is 9.27. The molecule has 4 amide bonds. The van der Waals surface area contributed by atoms with E-state index in [1.165, 1.54) is 0 Å². The minimum Gasteiger partial charge on any atom is -0.445 e. The number of hydrogen-bond acceptors (Lipinski definition) is 14. The van der Waals surface area contributed by atoms with E-state index in [2.05, 4.69) is 36.0 Å². The average Bonchev–Trinajstić information content (AvgIpc) is 3.24. The van der Waals surface area contributed by atoms with Crippen LogP contribution in [0.5, 0.6) is 0 Å². The fourth-order valence-electron chi connectivity index (χ4n) is 5.92. The lowest BCUT2D eigenvalue weighted by atomic mass is 10.0. The first kappa shape index (κ1) is 75.8. The standard InChI is InChI=1S/C42H80N10O8.6ClH/c1-50(24-7-18-43)27-10-21-46-38(53)15-30-57-34-42(49-41(56)60-33-37-13-5-4-6-14-37,35-58-31-16-39(54)47-22-11-28-51(2)25-8-19-44)36-59-32-17-40(55)48-23-12-29-52(3)26-9-20-45;;;;;;/h4-6,13-14H,7-12,15-36,43-45H2,1-3H3,(H,46,53)(H,47,54)(H,48,55)(H,49,56);6*1H. The summed E-state index contributed by atoms with van der Waals surface area (Å²) in [4.78, 5) is 57.7. The summed E-state index contributed by atoms with van der Waals surface area (Å²) in [7, 11) is 6.08. The number of hydrogen-bond donors (Lipinski definition) is 7. The van der Waals surface area contributed by atoms with Crippen molar-refractivity contribution in [1.29, 1.82) is 0 Å². The van der Waals surface area contributed by atoms with Gasteiger partial charge in [-0.1, -0.05) is 30.3 Å². The molecule has 0 aliphatic rings. The molecule has 0 heterocycles. The number of amides is 4. The third-order valence-corrected chi connectivity index (χ3v) is 9.48. The fraction of sp³-hybridized carbons (Fsp3) is 0.762. The number of nitrogens with two attached hydrogens (primary N) is 3. The molecule has 0 saturated heterocycles. The SMILES string of the molecule is CN(CCCN)CCCNC(=O)CCOCC(COCCC(=O)NCCCN(C)CCCN)(COCCC(=O)NCCCN(C)CCCN)NC(=O)OCc1ccccc1.Cl.Cl.Cl.Cl.Cl.Cl. The van der Waals surface area contributed by atoms with Gasteiger partial charge in [0.2, 0.25) is 17.7 Å². The lowest BCUT2D eigenvalue weighted by Crippen LogP contribution is -2.59. The summed E-state index contributed by atoms with van der Waals surface area (Å²) in [5, 5.41) is 11.7.